The van der Waals surface area contributed by atoms with E-state index in [9.17, 15) is 4.79 Å². The molecule has 0 radical (unpaired) electrons. The van der Waals surface area contributed by atoms with Crippen LogP contribution in [0, 0.1) is 5.92 Å². The van der Waals surface area contributed by atoms with Crippen LogP contribution in [-0.4, -0.2) is 54.8 Å². The summed E-state index contributed by atoms with van der Waals surface area (Å²) in [7, 11) is 3.42. The third kappa shape index (κ3) is 4.07. The van der Waals surface area contributed by atoms with Crippen LogP contribution in [0.25, 0.3) is 22.7 Å². The van der Waals surface area contributed by atoms with Crippen LogP contribution in [0.2, 0.25) is 5.28 Å². The van der Waals surface area contributed by atoms with Gasteiger partial charge in [-0.25, -0.2) is 9.97 Å². The number of halogens is 1. The van der Waals surface area contributed by atoms with Crippen LogP contribution in [0.1, 0.15) is 31.2 Å². The Hall–Kier alpha value is -3.59. The van der Waals surface area contributed by atoms with Gasteiger partial charge >= 0.3 is 0 Å². The van der Waals surface area contributed by atoms with Gasteiger partial charge in [0.25, 0.3) is 5.89 Å². The van der Waals surface area contributed by atoms with Gasteiger partial charge in [-0.3, -0.25) is 9.48 Å². The summed E-state index contributed by atoms with van der Waals surface area (Å²) in [6.45, 7) is 2.26. The van der Waals surface area contributed by atoms with E-state index in [4.69, 9.17) is 21.1 Å². The zero-order valence-corrected chi connectivity index (χ0v) is 19.9. The third-order valence-corrected chi connectivity index (χ3v) is 6.64. The van der Waals surface area contributed by atoms with Gasteiger partial charge in [0.15, 0.2) is 5.82 Å². The molecule has 1 aromatic carbocycles. The van der Waals surface area contributed by atoms with Crippen molar-refractivity contribution in [3.05, 3.63) is 65.6 Å². The fraction of sp³-hybridized carbons (Fsp3) is 0.333. The lowest BCUT2D eigenvalue weighted by atomic mass is 9.77. The van der Waals surface area contributed by atoms with Crippen LogP contribution in [0.5, 0.6) is 0 Å². The molecule has 4 aromatic rings. The molecule has 9 nitrogen and oxygen atoms in total. The minimum absolute atomic E-state index is 0.0707. The molecule has 0 bridgehead atoms. The van der Waals surface area contributed by atoms with E-state index in [1.807, 2.05) is 12.1 Å². The minimum atomic E-state index is -0.402. The van der Waals surface area contributed by atoms with Crippen molar-refractivity contribution in [1.29, 1.82) is 0 Å². The highest BCUT2D eigenvalue weighted by Crippen LogP contribution is 2.50. The van der Waals surface area contributed by atoms with E-state index in [0.29, 0.717) is 23.3 Å². The largest absolute Gasteiger partial charge is 0.347 e. The Bertz CT molecular complexity index is 1310. The van der Waals surface area contributed by atoms with E-state index < -0.39 is 5.41 Å². The first-order valence-corrected chi connectivity index (χ1v) is 11.4. The summed E-state index contributed by atoms with van der Waals surface area (Å²) in [6, 6.07) is 10.1. The van der Waals surface area contributed by atoms with E-state index >= 15 is 0 Å². The number of nitrogens with zero attached hydrogens (tertiary/aromatic N) is 7. The van der Waals surface area contributed by atoms with Crippen molar-refractivity contribution in [2.75, 3.05) is 14.1 Å². The van der Waals surface area contributed by atoms with Crippen molar-refractivity contribution < 1.29 is 9.32 Å². The Labute approximate surface area is 201 Å². The molecule has 34 heavy (non-hydrogen) atoms. The zero-order chi connectivity index (χ0) is 23.9. The average molecular weight is 478 g/mol. The summed E-state index contributed by atoms with van der Waals surface area (Å²) in [6.07, 6.45) is 7.24. The molecular weight excluding hydrogens is 454 g/mol. The van der Waals surface area contributed by atoms with Crippen molar-refractivity contribution in [3.8, 4) is 22.7 Å². The van der Waals surface area contributed by atoms with Gasteiger partial charge in [-0.05, 0) is 54.5 Å². The number of hydrogen-bond acceptors (Lipinski definition) is 7. The van der Waals surface area contributed by atoms with Crippen LogP contribution >= 0.6 is 11.6 Å². The Balaban J connectivity index is 1.45. The number of rotatable bonds is 7. The fourth-order valence-corrected chi connectivity index (χ4v) is 4.22. The van der Waals surface area contributed by atoms with Gasteiger partial charge in [0.05, 0.1) is 5.41 Å². The number of aromatic nitrogens is 6. The third-order valence-electron chi connectivity index (χ3n) is 6.44. The minimum Gasteiger partial charge on any atom is -0.347 e. The molecule has 0 aliphatic heterocycles. The Morgan fingerprint density at radius 2 is 1.85 bits per heavy atom. The Kier molecular flexibility index (Phi) is 5.65. The SMILES string of the molecule is CN(C)C(=O)Cn1nccc1-c1nc([C@@](C)(c2ccc(-c3cnc(Cl)nc3)cc2)C2CC2)no1. The first-order chi connectivity index (χ1) is 16.4. The maximum Gasteiger partial charge on any atom is 0.276 e. The molecule has 0 unspecified atom stereocenters. The second kappa shape index (κ2) is 8.64. The number of benzene rings is 1. The molecular formula is C24H24ClN7O2. The lowest BCUT2D eigenvalue weighted by molar-refractivity contribution is -0.129. The number of carbonyl (C=O) groups is 1. The van der Waals surface area contributed by atoms with Crippen molar-refractivity contribution in [1.82, 2.24) is 34.8 Å². The fourth-order valence-electron chi connectivity index (χ4n) is 4.13. The van der Waals surface area contributed by atoms with Gasteiger partial charge in [0.2, 0.25) is 11.2 Å². The molecule has 0 N–H and O–H groups in total. The normalized spacial score (nSPS) is 15.2. The van der Waals surface area contributed by atoms with Crippen molar-refractivity contribution in [2.24, 2.45) is 5.92 Å². The first kappa shape index (κ1) is 22.2. The first-order valence-electron chi connectivity index (χ1n) is 11.0. The topological polar surface area (TPSA) is 103 Å². The number of carbonyl (C=O) groups excluding carboxylic acids is 1. The highest BCUT2D eigenvalue weighted by atomic mass is 35.5. The second-order valence-corrected chi connectivity index (χ2v) is 9.22. The van der Waals surface area contributed by atoms with Gasteiger partial charge in [-0.1, -0.05) is 29.4 Å². The van der Waals surface area contributed by atoms with Gasteiger partial charge in [-0.15, -0.1) is 0 Å². The molecule has 1 aliphatic rings. The van der Waals surface area contributed by atoms with E-state index in [1.54, 1.807) is 43.4 Å². The van der Waals surface area contributed by atoms with Gasteiger partial charge in [0.1, 0.15) is 12.2 Å². The summed E-state index contributed by atoms with van der Waals surface area (Å²) >= 11 is 5.81. The predicted octanol–water partition coefficient (Wildman–Crippen LogP) is 3.85. The van der Waals surface area contributed by atoms with E-state index in [1.165, 1.54) is 4.90 Å². The van der Waals surface area contributed by atoms with Gasteiger partial charge < -0.3 is 9.42 Å². The molecule has 1 amide bonds. The van der Waals surface area contributed by atoms with E-state index in [0.717, 1.165) is 29.5 Å². The van der Waals surface area contributed by atoms with E-state index in [-0.39, 0.29) is 17.7 Å². The highest BCUT2D eigenvalue weighted by Gasteiger charge is 2.47. The smallest absolute Gasteiger partial charge is 0.276 e. The molecule has 3 heterocycles. The average Bonchev–Trinajstić information content (AvgIpc) is 3.40. The van der Waals surface area contributed by atoms with Crippen LogP contribution in [-0.2, 0) is 16.8 Å². The quantitative estimate of drug-likeness (QED) is 0.372. The maximum atomic E-state index is 12.2. The van der Waals surface area contributed by atoms with Gasteiger partial charge in [-0.2, -0.15) is 10.1 Å². The molecule has 174 valence electrons. The molecule has 1 saturated carbocycles. The molecule has 5 rings (SSSR count). The summed E-state index contributed by atoms with van der Waals surface area (Å²) in [4.78, 5) is 26.6. The van der Waals surface area contributed by atoms with Crippen LogP contribution in [0.15, 0.2) is 53.4 Å². The predicted molar refractivity (Wildman–Crippen MR) is 126 cm³/mol. The summed E-state index contributed by atoms with van der Waals surface area (Å²) in [5, 5.41) is 8.85. The van der Waals surface area contributed by atoms with Crippen molar-refractivity contribution in [2.45, 2.75) is 31.7 Å². The van der Waals surface area contributed by atoms with Crippen molar-refractivity contribution in [3.63, 3.8) is 0 Å². The molecule has 10 heteroatoms. The second-order valence-electron chi connectivity index (χ2n) is 8.88. The van der Waals surface area contributed by atoms with Gasteiger partial charge in [0, 0.05) is 38.2 Å². The molecule has 1 fully saturated rings. The molecule has 3 aromatic heterocycles. The molecule has 1 atom stereocenters. The summed E-state index contributed by atoms with van der Waals surface area (Å²) < 4.78 is 7.25. The zero-order valence-electron chi connectivity index (χ0n) is 19.1. The van der Waals surface area contributed by atoms with E-state index in [2.05, 4.69) is 39.3 Å². The monoisotopic (exact) mass is 477 g/mol. The number of likely N-dealkylation sites (N-methyl/N-ethyl adjacent to an activating group) is 1. The highest BCUT2D eigenvalue weighted by molar-refractivity contribution is 6.28. The molecule has 1 aliphatic carbocycles. The molecule has 0 spiro atoms. The Morgan fingerprint density at radius 3 is 2.50 bits per heavy atom. The standard InChI is InChI=1S/C24H24ClN7O2/c1-24(18-8-9-18,17-6-4-15(5-7-17)16-12-26-23(25)27-13-16)22-29-21(34-30-22)19-10-11-28-32(19)14-20(33)31(2)3/h4-7,10-13,18H,8-9,14H2,1-3H3/t24-/m0/s1. The number of hydrogen-bond donors (Lipinski definition) is 0. The van der Waals surface area contributed by atoms with Crippen molar-refractivity contribution >= 4 is 17.5 Å². The Morgan fingerprint density at radius 1 is 1.15 bits per heavy atom. The molecule has 0 saturated heterocycles. The lowest BCUT2D eigenvalue weighted by Crippen LogP contribution is -2.28. The van der Waals surface area contributed by atoms with Crippen LogP contribution in [0.3, 0.4) is 0 Å². The van der Waals surface area contributed by atoms with Crippen LogP contribution < -0.4 is 0 Å². The summed E-state index contributed by atoms with van der Waals surface area (Å²) in [5.74, 6) is 1.32. The summed E-state index contributed by atoms with van der Waals surface area (Å²) in [5.41, 5.74) is 3.22. The number of amides is 1. The maximum absolute atomic E-state index is 12.2. The lowest BCUT2D eigenvalue weighted by Gasteiger charge is -2.27. The van der Waals surface area contributed by atoms with Crippen LogP contribution in [0.4, 0.5) is 0 Å².